The first kappa shape index (κ1) is 21.9. The van der Waals surface area contributed by atoms with E-state index in [1.54, 1.807) is 42.4 Å². The molecule has 1 saturated heterocycles. The fourth-order valence-electron chi connectivity index (χ4n) is 5.39. The van der Waals surface area contributed by atoms with Crippen molar-refractivity contribution in [3.05, 3.63) is 29.3 Å². The second kappa shape index (κ2) is 10.3. The lowest BCUT2D eigenvalue weighted by atomic mass is 9.74. The summed E-state index contributed by atoms with van der Waals surface area (Å²) < 4.78 is 5.57. The van der Waals surface area contributed by atoms with Gasteiger partial charge in [-0.1, -0.05) is 75.3 Å². The summed E-state index contributed by atoms with van der Waals surface area (Å²) in [6, 6.07) is 11.7. The van der Waals surface area contributed by atoms with Crippen molar-refractivity contribution in [2.75, 3.05) is 0 Å². The summed E-state index contributed by atoms with van der Waals surface area (Å²) in [6.07, 6.45) is 11.6. The van der Waals surface area contributed by atoms with E-state index in [-0.39, 0.29) is 11.9 Å². The second-order valence-corrected chi connectivity index (χ2v) is 15.1. The van der Waals surface area contributed by atoms with Gasteiger partial charge in [0.25, 0.3) is 0 Å². The smallest absolute Gasteiger partial charge is 0.314 e. The zero-order chi connectivity index (χ0) is 20.0. The molecular formula is C24H37ClO2Si. The molecule has 1 aromatic rings. The number of halogens is 1. The number of rotatable bonds is 7. The Labute approximate surface area is 177 Å². The fraction of sp³-hybridized carbons (Fsp3) is 0.708. The van der Waals surface area contributed by atoms with Gasteiger partial charge in [-0.05, 0) is 61.8 Å². The molecule has 28 heavy (non-hydrogen) atoms. The lowest BCUT2D eigenvalue weighted by Gasteiger charge is -2.41. The quantitative estimate of drug-likeness (QED) is 0.195. The van der Waals surface area contributed by atoms with Crippen molar-refractivity contribution in [2.45, 2.75) is 89.4 Å². The number of esters is 1. The van der Waals surface area contributed by atoms with Crippen LogP contribution >= 0.6 is 11.6 Å². The summed E-state index contributed by atoms with van der Waals surface area (Å²) in [5.41, 5.74) is 0. The minimum absolute atomic E-state index is 0.0553. The number of hydrogen-bond donors (Lipinski definition) is 0. The molecule has 0 unspecified atom stereocenters. The Kier molecular flexibility index (Phi) is 8.05. The highest BCUT2D eigenvalue weighted by atomic mass is 35.5. The first-order valence-electron chi connectivity index (χ1n) is 11.5. The van der Waals surface area contributed by atoms with E-state index in [0.717, 1.165) is 24.7 Å². The lowest BCUT2D eigenvalue weighted by molar-refractivity contribution is -0.140. The SMILES string of the molecule is CCCCC[Si]1(C)CCC(C2CCC(C(=O)Oc3ccc(Cl)cc3)CC2)CC1. The number of benzene rings is 1. The number of carbonyl (C=O) groups is 1. The van der Waals surface area contributed by atoms with E-state index in [0.29, 0.717) is 10.8 Å². The van der Waals surface area contributed by atoms with Crippen molar-refractivity contribution in [3.63, 3.8) is 0 Å². The molecule has 2 aliphatic rings. The molecule has 1 heterocycles. The van der Waals surface area contributed by atoms with Gasteiger partial charge in [0.15, 0.2) is 0 Å². The summed E-state index contributed by atoms with van der Waals surface area (Å²) in [7, 11) is -0.941. The van der Waals surface area contributed by atoms with Gasteiger partial charge in [-0.3, -0.25) is 4.79 Å². The molecule has 4 heteroatoms. The van der Waals surface area contributed by atoms with Crippen LogP contribution in [-0.4, -0.2) is 14.0 Å². The number of ether oxygens (including phenoxy) is 1. The molecule has 1 aliphatic carbocycles. The molecule has 0 amide bonds. The highest BCUT2D eigenvalue weighted by molar-refractivity contribution is 6.78. The Hall–Kier alpha value is -0.803. The van der Waals surface area contributed by atoms with Crippen LogP contribution in [0.1, 0.15) is 64.7 Å². The van der Waals surface area contributed by atoms with E-state index < -0.39 is 8.07 Å². The summed E-state index contributed by atoms with van der Waals surface area (Å²) in [5.74, 6) is 2.38. The molecule has 0 N–H and O–H groups in total. The van der Waals surface area contributed by atoms with Crippen molar-refractivity contribution in [1.29, 1.82) is 0 Å². The highest BCUT2D eigenvalue weighted by Gasteiger charge is 2.37. The maximum atomic E-state index is 12.5. The second-order valence-electron chi connectivity index (χ2n) is 9.59. The molecule has 0 spiro atoms. The molecule has 2 nitrogen and oxygen atoms in total. The molecule has 0 radical (unpaired) electrons. The standard InChI is InChI=1S/C24H37ClO2Si/c1-3-4-5-16-28(2)17-14-20(15-18-28)19-6-8-21(9-7-19)24(26)27-23-12-10-22(25)11-13-23/h10-13,19-21H,3-9,14-18H2,1-2H3. The molecule has 0 bridgehead atoms. The summed E-state index contributed by atoms with van der Waals surface area (Å²) in [4.78, 5) is 12.5. The molecule has 1 aliphatic heterocycles. The maximum absolute atomic E-state index is 12.5. The van der Waals surface area contributed by atoms with Crippen LogP contribution < -0.4 is 4.74 Å². The average molecular weight is 421 g/mol. The molecule has 2 fully saturated rings. The van der Waals surface area contributed by atoms with Gasteiger partial charge in [-0.2, -0.15) is 0 Å². The Morgan fingerprint density at radius 1 is 1.00 bits per heavy atom. The zero-order valence-electron chi connectivity index (χ0n) is 17.7. The number of hydrogen-bond acceptors (Lipinski definition) is 2. The van der Waals surface area contributed by atoms with Crippen LogP contribution in [0, 0.1) is 17.8 Å². The first-order valence-corrected chi connectivity index (χ1v) is 15.0. The van der Waals surface area contributed by atoms with Crippen molar-refractivity contribution in [1.82, 2.24) is 0 Å². The Morgan fingerprint density at radius 3 is 2.21 bits per heavy atom. The van der Waals surface area contributed by atoms with Gasteiger partial charge in [0, 0.05) is 5.02 Å². The van der Waals surface area contributed by atoms with Crippen LogP contribution in [0.5, 0.6) is 5.75 Å². The largest absolute Gasteiger partial charge is 0.426 e. The molecule has 156 valence electrons. The van der Waals surface area contributed by atoms with Gasteiger partial charge < -0.3 is 4.74 Å². The molecule has 1 saturated carbocycles. The Morgan fingerprint density at radius 2 is 1.61 bits per heavy atom. The highest BCUT2D eigenvalue weighted by Crippen LogP contribution is 2.44. The predicted molar refractivity (Wildman–Crippen MR) is 121 cm³/mol. The van der Waals surface area contributed by atoms with E-state index in [9.17, 15) is 4.79 Å². The maximum Gasteiger partial charge on any atom is 0.314 e. The van der Waals surface area contributed by atoms with E-state index in [2.05, 4.69) is 13.5 Å². The minimum atomic E-state index is -0.941. The topological polar surface area (TPSA) is 26.3 Å². The minimum Gasteiger partial charge on any atom is -0.426 e. The van der Waals surface area contributed by atoms with Crippen molar-refractivity contribution in [3.8, 4) is 5.75 Å². The molecule has 1 aromatic carbocycles. The molecular weight excluding hydrogens is 384 g/mol. The van der Waals surface area contributed by atoms with Crippen molar-refractivity contribution < 1.29 is 9.53 Å². The van der Waals surface area contributed by atoms with E-state index in [1.165, 1.54) is 44.9 Å². The Balaban J connectivity index is 1.40. The van der Waals surface area contributed by atoms with Gasteiger partial charge in [-0.15, -0.1) is 0 Å². The third-order valence-electron chi connectivity index (χ3n) is 7.43. The predicted octanol–water partition coefficient (Wildman–Crippen LogP) is 7.73. The average Bonchev–Trinajstić information content (AvgIpc) is 2.71. The number of carbonyl (C=O) groups excluding carboxylic acids is 1. The Bertz CT molecular complexity index is 614. The van der Waals surface area contributed by atoms with Crippen LogP contribution in [0.25, 0.3) is 0 Å². The van der Waals surface area contributed by atoms with Crippen LogP contribution in [0.15, 0.2) is 24.3 Å². The van der Waals surface area contributed by atoms with E-state index in [4.69, 9.17) is 16.3 Å². The van der Waals surface area contributed by atoms with Gasteiger partial charge in [-0.25, -0.2) is 0 Å². The molecule has 0 aromatic heterocycles. The fourth-order valence-corrected chi connectivity index (χ4v) is 9.50. The van der Waals surface area contributed by atoms with Crippen LogP contribution in [0.3, 0.4) is 0 Å². The van der Waals surface area contributed by atoms with E-state index >= 15 is 0 Å². The van der Waals surface area contributed by atoms with Crippen LogP contribution in [0.4, 0.5) is 0 Å². The molecule has 3 rings (SSSR count). The van der Waals surface area contributed by atoms with Gasteiger partial charge in [0.2, 0.25) is 0 Å². The third-order valence-corrected chi connectivity index (χ3v) is 12.2. The summed E-state index contributed by atoms with van der Waals surface area (Å²) in [6.45, 7) is 4.96. The van der Waals surface area contributed by atoms with Crippen molar-refractivity contribution in [2.24, 2.45) is 17.8 Å². The van der Waals surface area contributed by atoms with Crippen LogP contribution in [-0.2, 0) is 4.79 Å². The normalized spacial score (nSPS) is 30.8. The van der Waals surface area contributed by atoms with Gasteiger partial charge in [0.05, 0.1) is 14.0 Å². The van der Waals surface area contributed by atoms with Crippen LogP contribution in [0.2, 0.25) is 29.7 Å². The van der Waals surface area contributed by atoms with E-state index in [1.807, 2.05) is 0 Å². The van der Waals surface area contributed by atoms with Gasteiger partial charge in [0.1, 0.15) is 5.75 Å². The van der Waals surface area contributed by atoms with Crippen molar-refractivity contribution >= 4 is 25.6 Å². The third kappa shape index (κ3) is 6.10. The number of unbranched alkanes of at least 4 members (excludes halogenated alkanes) is 2. The lowest BCUT2D eigenvalue weighted by Crippen LogP contribution is -2.37. The molecule has 0 atom stereocenters. The summed E-state index contributed by atoms with van der Waals surface area (Å²) in [5, 5.41) is 0.664. The summed E-state index contributed by atoms with van der Waals surface area (Å²) >= 11 is 5.90. The first-order chi connectivity index (χ1) is 13.5. The monoisotopic (exact) mass is 420 g/mol. The zero-order valence-corrected chi connectivity index (χ0v) is 19.5. The van der Waals surface area contributed by atoms with Gasteiger partial charge >= 0.3 is 5.97 Å².